The van der Waals surface area contributed by atoms with Gasteiger partial charge in [0.05, 0.1) is 10.2 Å². The molecule has 2 aromatic carbocycles. The first-order valence-electron chi connectivity index (χ1n) is 10.2. The summed E-state index contributed by atoms with van der Waals surface area (Å²) in [5.74, 6) is 1.34. The molecule has 0 aliphatic carbocycles. The Morgan fingerprint density at radius 2 is 2.07 bits per heavy atom. The van der Waals surface area contributed by atoms with Gasteiger partial charge in [-0.2, -0.15) is 0 Å². The fraction of sp³-hybridized carbons (Fsp3) is 0.391. The number of likely N-dealkylation sites (tertiary alicyclic amines) is 1. The summed E-state index contributed by atoms with van der Waals surface area (Å²) in [7, 11) is 0. The maximum atomic E-state index is 12.2. The standard InChI is InChI=1S/C23H27N3O2S/c1-16-8-10-26(11-9-16)14-18-6-7-20-21(13-18)29-23(24-20)25-22(27)15-28-19-5-3-4-17(2)12-19/h3-7,12-13,16H,8-11,14-15H2,1-2H3,(H,24,25,27). The van der Waals surface area contributed by atoms with Crippen LogP contribution in [-0.2, 0) is 11.3 Å². The molecule has 6 heteroatoms. The number of ether oxygens (including phenoxy) is 1. The molecule has 0 bridgehead atoms. The number of benzene rings is 2. The van der Waals surface area contributed by atoms with Crippen LogP contribution < -0.4 is 10.1 Å². The Bertz CT molecular complexity index is 993. The molecule has 2 heterocycles. The van der Waals surface area contributed by atoms with E-state index < -0.39 is 0 Å². The number of nitrogens with zero attached hydrogens (tertiary/aromatic N) is 2. The van der Waals surface area contributed by atoms with Gasteiger partial charge in [0.15, 0.2) is 11.7 Å². The fourth-order valence-electron chi connectivity index (χ4n) is 3.61. The molecular weight excluding hydrogens is 382 g/mol. The van der Waals surface area contributed by atoms with Crippen LogP contribution in [-0.4, -0.2) is 35.5 Å². The third kappa shape index (κ3) is 5.34. The zero-order valence-electron chi connectivity index (χ0n) is 17.0. The lowest BCUT2D eigenvalue weighted by atomic mass is 9.99. The van der Waals surface area contributed by atoms with E-state index >= 15 is 0 Å². The summed E-state index contributed by atoms with van der Waals surface area (Å²) >= 11 is 1.51. The van der Waals surface area contributed by atoms with Crippen LogP contribution in [0.15, 0.2) is 42.5 Å². The van der Waals surface area contributed by atoms with Crippen molar-refractivity contribution in [2.75, 3.05) is 25.0 Å². The third-order valence-corrected chi connectivity index (χ3v) is 6.27. The van der Waals surface area contributed by atoms with Crippen molar-refractivity contribution < 1.29 is 9.53 Å². The summed E-state index contributed by atoms with van der Waals surface area (Å²) < 4.78 is 6.67. The van der Waals surface area contributed by atoms with E-state index in [0.29, 0.717) is 10.9 Å². The van der Waals surface area contributed by atoms with Crippen LogP contribution in [0.3, 0.4) is 0 Å². The van der Waals surface area contributed by atoms with Crippen molar-refractivity contribution in [2.45, 2.75) is 33.2 Å². The molecule has 5 nitrogen and oxygen atoms in total. The number of rotatable bonds is 6. The third-order valence-electron chi connectivity index (χ3n) is 5.34. The van der Waals surface area contributed by atoms with Gasteiger partial charge in [-0.15, -0.1) is 0 Å². The Kier molecular flexibility index (Phi) is 6.11. The van der Waals surface area contributed by atoms with Gasteiger partial charge in [0.25, 0.3) is 5.91 Å². The second-order valence-electron chi connectivity index (χ2n) is 7.93. The predicted molar refractivity (Wildman–Crippen MR) is 119 cm³/mol. The lowest BCUT2D eigenvalue weighted by Crippen LogP contribution is -2.32. The van der Waals surface area contributed by atoms with E-state index in [1.54, 1.807) is 0 Å². The number of anilines is 1. The number of thiazole rings is 1. The van der Waals surface area contributed by atoms with E-state index in [2.05, 4.69) is 34.3 Å². The van der Waals surface area contributed by atoms with Gasteiger partial charge in [-0.05, 0) is 74.2 Å². The average molecular weight is 410 g/mol. The van der Waals surface area contributed by atoms with Crippen molar-refractivity contribution in [3.63, 3.8) is 0 Å². The van der Waals surface area contributed by atoms with Crippen molar-refractivity contribution in [3.05, 3.63) is 53.6 Å². The number of hydrogen-bond donors (Lipinski definition) is 1. The van der Waals surface area contributed by atoms with Crippen molar-refractivity contribution in [1.82, 2.24) is 9.88 Å². The van der Waals surface area contributed by atoms with Gasteiger partial charge >= 0.3 is 0 Å². The van der Waals surface area contributed by atoms with E-state index in [9.17, 15) is 4.79 Å². The number of aryl methyl sites for hydroxylation is 1. The van der Waals surface area contributed by atoms with Gasteiger partial charge in [0, 0.05) is 6.54 Å². The molecule has 0 unspecified atom stereocenters. The molecule has 1 amide bonds. The lowest BCUT2D eigenvalue weighted by molar-refractivity contribution is -0.118. The summed E-state index contributed by atoms with van der Waals surface area (Å²) in [4.78, 5) is 19.3. The highest BCUT2D eigenvalue weighted by Crippen LogP contribution is 2.28. The Morgan fingerprint density at radius 1 is 1.24 bits per heavy atom. The Labute approximate surface area is 175 Å². The Balaban J connectivity index is 1.35. The van der Waals surface area contributed by atoms with Crippen molar-refractivity contribution >= 4 is 32.6 Å². The van der Waals surface area contributed by atoms with E-state index in [-0.39, 0.29) is 12.5 Å². The number of nitrogens with one attached hydrogen (secondary N) is 1. The van der Waals surface area contributed by atoms with Crippen LogP contribution >= 0.6 is 11.3 Å². The molecule has 0 radical (unpaired) electrons. The molecule has 1 fully saturated rings. The molecule has 1 saturated heterocycles. The highest BCUT2D eigenvalue weighted by Gasteiger charge is 2.16. The zero-order valence-corrected chi connectivity index (χ0v) is 17.8. The van der Waals surface area contributed by atoms with E-state index in [1.807, 2.05) is 37.3 Å². The second-order valence-corrected chi connectivity index (χ2v) is 8.96. The highest BCUT2D eigenvalue weighted by molar-refractivity contribution is 7.22. The Hall–Kier alpha value is -2.44. The first-order valence-corrected chi connectivity index (χ1v) is 11.0. The van der Waals surface area contributed by atoms with Crippen LogP contribution in [0.25, 0.3) is 10.2 Å². The smallest absolute Gasteiger partial charge is 0.264 e. The van der Waals surface area contributed by atoms with Crippen LogP contribution in [0.2, 0.25) is 0 Å². The largest absolute Gasteiger partial charge is 0.484 e. The maximum Gasteiger partial charge on any atom is 0.264 e. The molecule has 152 valence electrons. The van der Waals surface area contributed by atoms with Crippen molar-refractivity contribution in [3.8, 4) is 5.75 Å². The first kappa shape index (κ1) is 19.9. The molecule has 4 rings (SSSR count). The van der Waals surface area contributed by atoms with Crippen LogP contribution in [0.1, 0.15) is 30.9 Å². The normalized spacial score (nSPS) is 15.5. The predicted octanol–water partition coefficient (Wildman–Crippen LogP) is 4.85. The Morgan fingerprint density at radius 3 is 2.86 bits per heavy atom. The number of amides is 1. The van der Waals surface area contributed by atoms with Gasteiger partial charge in [0.1, 0.15) is 5.75 Å². The molecule has 1 aliphatic heterocycles. The molecule has 0 saturated carbocycles. The molecular formula is C23H27N3O2S. The highest BCUT2D eigenvalue weighted by atomic mass is 32.1. The van der Waals surface area contributed by atoms with Crippen molar-refractivity contribution in [1.29, 1.82) is 0 Å². The molecule has 1 aliphatic rings. The topological polar surface area (TPSA) is 54.5 Å². The summed E-state index contributed by atoms with van der Waals surface area (Å²) in [6.07, 6.45) is 2.56. The van der Waals surface area contributed by atoms with E-state index in [0.717, 1.165) is 28.2 Å². The van der Waals surface area contributed by atoms with Crippen LogP contribution in [0, 0.1) is 12.8 Å². The minimum Gasteiger partial charge on any atom is -0.484 e. The summed E-state index contributed by atoms with van der Waals surface area (Å²) in [5.41, 5.74) is 3.32. The molecule has 0 spiro atoms. The monoisotopic (exact) mass is 409 g/mol. The summed E-state index contributed by atoms with van der Waals surface area (Å²) in [5, 5.41) is 3.47. The molecule has 0 atom stereocenters. The number of hydrogen-bond acceptors (Lipinski definition) is 5. The number of carbonyl (C=O) groups is 1. The van der Waals surface area contributed by atoms with Gasteiger partial charge in [-0.3, -0.25) is 15.0 Å². The van der Waals surface area contributed by atoms with E-state index in [1.165, 1.54) is 42.8 Å². The number of fused-ring (bicyclic) bond motifs is 1. The van der Waals surface area contributed by atoms with E-state index in [4.69, 9.17) is 4.74 Å². The second kappa shape index (κ2) is 8.93. The summed E-state index contributed by atoms with van der Waals surface area (Å²) in [6.45, 7) is 7.62. The minimum atomic E-state index is -0.201. The van der Waals surface area contributed by atoms with Crippen molar-refractivity contribution in [2.24, 2.45) is 5.92 Å². The lowest BCUT2D eigenvalue weighted by Gasteiger charge is -2.30. The van der Waals surface area contributed by atoms with Gasteiger partial charge < -0.3 is 4.74 Å². The average Bonchev–Trinajstić information content (AvgIpc) is 3.10. The van der Waals surface area contributed by atoms with Gasteiger partial charge in [-0.25, -0.2) is 4.98 Å². The maximum absolute atomic E-state index is 12.2. The fourth-order valence-corrected chi connectivity index (χ4v) is 4.55. The van der Waals surface area contributed by atoms with Gasteiger partial charge in [-0.1, -0.05) is 36.5 Å². The quantitative estimate of drug-likeness (QED) is 0.632. The number of aromatic nitrogens is 1. The zero-order chi connectivity index (χ0) is 20.2. The minimum absolute atomic E-state index is 0.0298. The van der Waals surface area contributed by atoms with Crippen LogP contribution in [0.4, 0.5) is 5.13 Å². The number of carbonyl (C=O) groups excluding carboxylic acids is 1. The molecule has 3 aromatic rings. The molecule has 29 heavy (non-hydrogen) atoms. The first-order chi connectivity index (χ1) is 14.0. The summed E-state index contributed by atoms with van der Waals surface area (Å²) in [6, 6.07) is 14.1. The molecule has 1 N–H and O–H groups in total. The van der Waals surface area contributed by atoms with Crippen LogP contribution in [0.5, 0.6) is 5.75 Å². The number of piperidine rings is 1. The molecule has 1 aromatic heterocycles. The van der Waals surface area contributed by atoms with Gasteiger partial charge in [0.2, 0.25) is 0 Å². The SMILES string of the molecule is Cc1cccc(OCC(=O)Nc2nc3ccc(CN4CCC(C)CC4)cc3s2)c1.